The first-order valence-electron chi connectivity index (χ1n) is 8.57. The number of hydrogen-bond donors (Lipinski definition) is 1. The minimum Gasteiger partial charge on any atom is -0.352 e. The zero-order valence-electron chi connectivity index (χ0n) is 14.2. The van der Waals surface area contributed by atoms with Gasteiger partial charge in [-0.2, -0.15) is 5.10 Å². The molecule has 1 unspecified atom stereocenters. The summed E-state index contributed by atoms with van der Waals surface area (Å²) in [5, 5.41) is 7.20. The second-order valence-corrected chi connectivity index (χ2v) is 6.41. The van der Waals surface area contributed by atoms with Crippen LogP contribution >= 0.6 is 0 Å². The van der Waals surface area contributed by atoms with E-state index in [0.29, 0.717) is 19.6 Å². The maximum atomic E-state index is 12.5. The number of carbonyl (C=O) groups is 2. The Labute approximate surface area is 150 Å². The molecule has 3 aromatic heterocycles. The minimum absolute atomic E-state index is 0.00761. The van der Waals surface area contributed by atoms with Crippen LogP contribution in [0, 0.1) is 5.92 Å². The van der Waals surface area contributed by atoms with Crippen molar-refractivity contribution in [2.75, 3.05) is 6.54 Å². The number of hydrogen-bond acceptors (Lipinski definition) is 4. The molecule has 0 aliphatic carbocycles. The van der Waals surface area contributed by atoms with Crippen molar-refractivity contribution in [3.05, 3.63) is 66.2 Å². The van der Waals surface area contributed by atoms with Crippen molar-refractivity contribution in [3.8, 4) is 0 Å². The molecule has 1 fully saturated rings. The molecule has 3 aromatic rings. The molecule has 1 aliphatic heterocycles. The van der Waals surface area contributed by atoms with E-state index < -0.39 is 0 Å². The lowest BCUT2D eigenvalue weighted by Gasteiger charge is -2.16. The van der Waals surface area contributed by atoms with Gasteiger partial charge in [-0.05, 0) is 24.3 Å². The second kappa shape index (κ2) is 6.95. The summed E-state index contributed by atoms with van der Waals surface area (Å²) in [5.74, 6) is -0.433. The van der Waals surface area contributed by atoms with E-state index in [-0.39, 0.29) is 24.2 Å². The second-order valence-electron chi connectivity index (χ2n) is 6.41. The fourth-order valence-electron chi connectivity index (χ4n) is 3.24. The summed E-state index contributed by atoms with van der Waals surface area (Å²) in [5.41, 5.74) is 2.74. The van der Waals surface area contributed by atoms with Crippen molar-refractivity contribution in [1.82, 2.24) is 24.8 Å². The highest BCUT2D eigenvalue weighted by Crippen LogP contribution is 2.20. The molecule has 0 radical (unpaired) electrons. The van der Waals surface area contributed by atoms with Crippen LogP contribution in [0.1, 0.15) is 17.7 Å². The van der Waals surface area contributed by atoms with Gasteiger partial charge in [0.2, 0.25) is 11.8 Å². The predicted molar refractivity (Wildman–Crippen MR) is 94.8 cm³/mol. The van der Waals surface area contributed by atoms with Gasteiger partial charge < -0.3 is 10.2 Å². The largest absolute Gasteiger partial charge is 0.352 e. The van der Waals surface area contributed by atoms with E-state index in [9.17, 15) is 9.59 Å². The van der Waals surface area contributed by atoms with E-state index in [4.69, 9.17) is 0 Å². The topological polar surface area (TPSA) is 79.6 Å². The molecule has 7 nitrogen and oxygen atoms in total. The van der Waals surface area contributed by atoms with Crippen molar-refractivity contribution in [2.45, 2.75) is 19.5 Å². The van der Waals surface area contributed by atoms with Crippen molar-refractivity contribution in [1.29, 1.82) is 0 Å². The normalized spacial score (nSPS) is 17.0. The molecule has 0 aromatic carbocycles. The first-order valence-corrected chi connectivity index (χ1v) is 8.57. The van der Waals surface area contributed by atoms with Gasteiger partial charge in [0.15, 0.2) is 0 Å². The van der Waals surface area contributed by atoms with E-state index in [2.05, 4.69) is 15.4 Å². The molecule has 132 valence electrons. The standard InChI is InChI=1S/C19H19N5O2/c25-18-9-14(12-23(18)13-16-5-1-3-7-20-16)19(26)21-10-15-11-22-24-8-4-2-6-17(15)24/h1-8,11,14H,9-10,12-13H2,(H,21,26). The average Bonchev–Trinajstić information content (AvgIpc) is 3.24. The summed E-state index contributed by atoms with van der Waals surface area (Å²) in [6.07, 6.45) is 5.57. The summed E-state index contributed by atoms with van der Waals surface area (Å²) in [6, 6.07) is 11.4. The van der Waals surface area contributed by atoms with E-state index in [1.807, 2.05) is 42.6 Å². The van der Waals surface area contributed by atoms with Crippen LogP contribution in [-0.4, -0.2) is 37.9 Å². The van der Waals surface area contributed by atoms with Crippen molar-refractivity contribution >= 4 is 17.3 Å². The van der Waals surface area contributed by atoms with Crippen LogP contribution in [0.3, 0.4) is 0 Å². The number of pyridine rings is 2. The molecule has 0 saturated carbocycles. The van der Waals surface area contributed by atoms with Crippen LogP contribution in [0.2, 0.25) is 0 Å². The Bertz CT molecular complexity index is 937. The van der Waals surface area contributed by atoms with E-state index >= 15 is 0 Å². The highest BCUT2D eigenvalue weighted by atomic mass is 16.2. The lowest BCUT2D eigenvalue weighted by molar-refractivity contribution is -0.129. The van der Waals surface area contributed by atoms with Gasteiger partial charge in [0, 0.05) is 37.5 Å². The number of nitrogens with zero attached hydrogens (tertiary/aromatic N) is 4. The molecule has 1 atom stereocenters. The van der Waals surface area contributed by atoms with E-state index in [1.54, 1.807) is 21.8 Å². The van der Waals surface area contributed by atoms with Gasteiger partial charge in [-0.15, -0.1) is 0 Å². The Morgan fingerprint density at radius 3 is 2.96 bits per heavy atom. The molecule has 7 heteroatoms. The molecule has 0 bridgehead atoms. The number of rotatable bonds is 5. The molecule has 1 N–H and O–H groups in total. The molecular formula is C19H19N5O2. The van der Waals surface area contributed by atoms with Gasteiger partial charge >= 0.3 is 0 Å². The van der Waals surface area contributed by atoms with Crippen LogP contribution in [0.5, 0.6) is 0 Å². The number of carbonyl (C=O) groups excluding carboxylic acids is 2. The molecule has 1 saturated heterocycles. The minimum atomic E-state index is -0.326. The zero-order valence-corrected chi connectivity index (χ0v) is 14.2. The number of fused-ring (bicyclic) bond motifs is 1. The first-order chi connectivity index (χ1) is 12.7. The van der Waals surface area contributed by atoms with E-state index in [0.717, 1.165) is 16.8 Å². The predicted octanol–water partition coefficient (Wildman–Crippen LogP) is 1.39. The Hall–Kier alpha value is -3.22. The Balaban J connectivity index is 1.36. The summed E-state index contributed by atoms with van der Waals surface area (Å²) in [7, 11) is 0. The van der Waals surface area contributed by atoms with Crippen LogP contribution < -0.4 is 5.32 Å². The fraction of sp³-hybridized carbons (Fsp3) is 0.263. The molecule has 0 spiro atoms. The summed E-state index contributed by atoms with van der Waals surface area (Å²) in [4.78, 5) is 30.6. The van der Waals surface area contributed by atoms with Crippen LogP contribution in [0.15, 0.2) is 55.0 Å². The molecule has 1 aliphatic rings. The Morgan fingerprint density at radius 2 is 2.12 bits per heavy atom. The highest BCUT2D eigenvalue weighted by Gasteiger charge is 2.34. The number of amides is 2. The summed E-state index contributed by atoms with van der Waals surface area (Å²) < 4.78 is 1.77. The van der Waals surface area contributed by atoms with Crippen LogP contribution in [0.25, 0.3) is 5.52 Å². The average molecular weight is 349 g/mol. The van der Waals surface area contributed by atoms with Gasteiger partial charge in [0.1, 0.15) is 0 Å². The van der Waals surface area contributed by atoms with Crippen molar-refractivity contribution < 1.29 is 9.59 Å². The molecule has 4 rings (SSSR count). The Morgan fingerprint density at radius 1 is 1.23 bits per heavy atom. The van der Waals surface area contributed by atoms with Gasteiger partial charge in [-0.3, -0.25) is 14.6 Å². The summed E-state index contributed by atoms with van der Waals surface area (Å²) >= 11 is 0. The number of nitrogens with one attached hydrogen (secondary N) is 1. The maximum Gasteiger partial charge on any atom is 0.225 e. The Kier molecular flexibility index (Phi) is 4.35. The van der Waals surface area contributed by atoms with Gasteiger partial charge in [-0.1, -0.05) is 12.1 Å². The first kappa shape index (κ1) is 16.3. The fourth-order valence-corrected chi connectivity index (χ4v) is 3.24. The molecular weight excluding hydrogens is 330 g/mol. The lowest BCUT2D eigenvalue weighted by Crippen LogP contribution is -2.32. The van der Waals surface area contributed by atoms with Gasteiger partial charge in [0.25, 0.3) is 0 Å². The van der Waals surface area contributed by atoms with Gasteiger partial charge in [-0.25, -0.2) is 4.52 Å². The molecule has 26 heavy (non-hydrogen) atoms. The van der Waals surface area contributed by atoms with Crippen LogP contribution in [-0.2, 0) is 22.7 Å². The third-order valence-corrected chi connectivity index (χ3v) is 4.62. The van der Waals surface area contributed by atoms with Gasteiger partial charge in [0.05, 0.1) is 29.9 Å². The third-order valence-electron chi connectivity index (χ3n) is 4.62. The summed E-state index contributed by atoms with van der Waals surface area (Å²) in [6.45, 7) is 1.27. The third kappa shape index (κ3) is 3.28. The van der Waals surface area contributed by atoms with Crippen molar-refractivity contribution in [3.63, 3.8) is 0 Å². The molecule has 2 amide bonds. The monoisotopic (exact) mass is 349 g/mol. The highest BCUT2D eigenvalue weighted by molar-refractivity contribution is 5.89. The lowest BCUT2D eigenvalue weighted by atomic mass is 10.1. The molecule has 4 heterocycles. The number of likely N-dealkylation sites (tertiary alicyclic amines) is 1. The smallest absolute Gasteiger partial charge is 0.225 e. The quantitative estimate of drug-likeness (QED) is 0.755. The number of aromatic nitrogens is 3. The van der Waals surface area contributed by atoms with Crippen LogP contribution in [0.4, 0.5) is 0 Å². The maximum absolute atomic E-state index is 12.5. The van der Waals surface area contributed by atoms with E-state index in [1.165, 1.54) is 0 Å². The zero-order chi connectivity index (χ0) is 17.9. The van der Waals surface area contributed by atoms with Crippen molar-refractivity contribution in [2.24, 2.45) is 5.92 Å². The SMILES string of the molecule is O=C(NCc1cnn2ccccc12)C1CC(=O)N(Cc2ccccn2)C1.